The summed E-state index contributed by atoms with van der Waals surface area (Å²) in [5, 5.41) is 13.2. The maximum absolute atomic E-state index is 12.3. The molecule has 0 aliphatic heterocycles. The number of aliphatic hydroxyl groups excluding tert-OH is 1. The maximum atomic E-state index is 12.3. The second kappa shape index (κ2) is 6.91. The van der Waals surface area contributed by atoms with Gasteiger partial charge in [-0.3, -0.25) is 4.79 Å². The van der Waals surface area contributed by atoms with Crippen molar-refractivity contribution >= 4 is 17.7 Å². The summed E-state index contributed by atoms with van der Waals surface area (Å²) in [5.74, 6) is 0.106. The highest BCUT2D eigenvalue weighted by Gasteiger charge is 2.26. The van der Waals surface area contributed by atoms with E-state index in [-0.39, 0.29) is 24.5 Å². The zero-order valence-corrected chi connectivity index (χ0v) is 11.9. The second-order valence-electron chi connectivity index (χ2n) is 4.87. The summed E-state index contributed by atoms with van der Waals surface area (Å²) in [6.07, 6.45) is 7.80. The first-order valence-corrected chi connectivity index (χ1v) is 7.89. The molecule has 0 bridgehead atoms. The first-order chi connectivity index (χ1) is 9.26. The Morgan fingerprint density at radius 2 is 2.32 bits per heavy atom. The van der Waals surface area contributed by atoms with E-state index in [9.17, 15) is 9.90 Å². The van der Waals surface area contributed by atoms with Gasteiger partial charge in [-0.25, -0.2) is 4.98 Å². The number of carbonyl (C=O) groups excluding carboxylic acids is 1. The maximum Gasteiger partial charge on any atom is 0.254 e. The van der Waals surface area contributed by atoms with Crippen LogP contribution < -0.4 is 5.32 Å². The van der Waals surface area contributed by atoms with Crippen LogP contribution in [0, 0.1) is 5.92 Å². The molecule has 1 aromatic heterocycles. The van der Waals surface area contributed by atoms with Gasteiger partial charge in [-0.2, -0.15) is 0 Å². The van der Waals surface area contributed by atoms with Crippen molar-refractivity contribution in [1.82, 2.24) is 10.3 Å². The van der Waals surface area contributed by atoms with E-state index < -0.39 is 0 Å². The summed E-state index contributed by atoms with van der Waals surface area (Å²) >= 11 is 1.47. The molecule has 19 heavy (non-hydrogen) atoms. The van der Waals surface area contributed by atoms with Crippen molar-refractivity contribution in [3.63, 3.8) is 0 Å². The van der Waals surface area contributed by atoms with E-state index in [1.165, 1.54) is 11.8 Å². The number of nitrogens with one attached hydrogen (secondary N) is 1. The quantitative estimate of drug-likeness (QED) is 0.829. The highest BCUT2D eigenvalue weighted by Crippen LogP contribution is 2.25. The average Bonchev–Trinajstić information content (AvgIpc) is 2.47. The van der Waals surface area contributed by atoms with Crippen LogP contribution in [-0.2, 0) is 0 Å². The fraction of sp³-hybridized carbons (Fsp3) is 0.571. The number of amides is 1. The molecule has 1 fully saturated rings. The van der Waals surface area contributed by atoms with Gasteiger partial charge in [0.05, 0.1) is 5.56 Å². The number of pyridine rings is 1. The van der Waals surface area contributed by atoms with Gasteiger partial charge in [-0.1, -0.05) is 12.8 Å². The van der Waals surface area contributed by atoms with Crippen molar-refractivity contribution in [2.45, 2.75) is 36.8 Å². The number of aliphatic hydroxyl groups is 1. The molecule has 4 nitrogen and oxygen atoms in total. The smallest absolute Gasteiger partial charge is 0.254 e. The van der Waals surface area contributed by atoms with Crippen LogP contribution in [0.2, 0.25) is 0 Å². The summed E-state index contributed by atoms with van der Waals surface area (Å²) in [7, 11) is 0. The minimum atomic E-state index is -0.0807. The lowest BCUT2D eigenvalue weighted by atomic mass is 9.85. The zero-order valence-electron chi connectivity index (χ0n) is 11.1. The van der Waals surface area contributed by atoms with E-state index in [2.05, 4.69) is 10.3 Å². The molecule has 1 aromatic rings. The predicted molar refractivity (Wildman–Crippen MR) is 76.3 cm³/mol. The highest BCUT2D eigenvalue weighted by atomic mass is 32.2. The number of rotatable bonds is 4. The summed E-state index contributed by atoms with van der Waals surface area (Å²) < 4.78 is 0. The van der Waals surface area contributed by atoms with Crippen LogP contribution in [0.25, 0.3) is 0 Å². The molecule has 1 heterocycles. The Balaban J connectivity index is 2.07. The lowest BCUT2D eigenvalue weighted by Gasteiger charge is -2.30. The number of nitrogens with zero attached hydrogens (tertiary/aromatic N) is 1. The molecule has 0 saturated heterocycles. The minimum Gasteiger partial charge on any atom is -0.396 e. The molecule has 0 aromatic carbocycles. The molecular formula is C14H20N2O2S. The normalized spacial score (nSPS) is 23.1. The van der Waals surface area contributed by atoms with Crippen molar-refractivity contribution in [2.24, 2.45) is 5.92 Å². The van der Waals surface area contributed by atoms with Crippen molar-refractivity contribution < 1.29 is 9.90 Å². The Hall–Kier alpha value is -1.07. The first-order valence-electron chi connectivity index (χ1n) is 6.67. The van der Waals surface area contributed by atoms with Crippen LogP contribution in [0.1, 0.15) is 36.0 Å². The topological polar surface area (TPSA) is 62.2 Å². The molecule has 1 amide bonds. The molecule has 5 heteroatoms. The molecule has 2 unspecified atom stereocenters. The van der Waals surface area contributed by atoms with Gasteiger partial charge in [0.2, 0.25) is 0 Å². The van der Waals surface area contributed by atoms with E-state index in [1.807, 2.05) is 6.26 Å². The van der Waals surface area contributed by atoms with Crippen molar-refractivity contribution in [3.05, 3.63) is 23.9 Å². The molecule has 0 spiro atoms. The lowest BCUT2D eigenvalue weighted by molar-refractivity contribution is 0.0869. The molecule has 2 N–H and O–H groups in total. The second-order valence-corrected chi connectivity index (χ2v) is 5.66. The highest BCUT2D eigenvalue weighted by molar-refractivity contribution is 7.98. The van der Waals surface area contributed by atoms with Gasteiger partial charge < -0.3 is 10.4 Å². The number of hydrogen-bond acceptors (Lipinski definition) is 4. The third-order valence-corrected chi connectivity index (χ3v) is 4.38. The Morgan fingerprint density at radius 1 is 1.53 bits per heavy atom. The van der Waals surface area contributed by atoms with Crippen LogP contribution in [0.4, 0.5) is 0 Å². The number of carbonyl (C=O) groups is 1. The molecule has 2 atom stereocenters. The predicted octanol–water partition coefficient (Wildman–Crippen LogP) is 2.08. The van der Waals surface area contributed by atoms with Crippen LogP contribution in [0.15, 0.2) is 23.4 Å². The SMILES string of the molecule is CSc1ncccc1C(=O)NC1CCCCC1CO. The fourth-order valence-electron chi connectivity index (χ4n) is 2.59. The van der Waals surface area contributed by atoms with Gasteiger partial charge in [-0.15, -0.1) is 11.8 Å². The standard InChI is InChI=1S/C14H20N2O2S/c1-19-14-11(6-4-8-15-14)13(18)16-12-7-3-2-5-10(12)9-17/h4,6,8,10,12,17H,2-3,5,7,9H2,1H3,(H,16,18). The van der Waals surface area contributed by atoms with Crippen LogP contribution in [0.3, 0.4) is 0 Å². The summed E-state index contributed by atoms with van der Waals surface area (Å²) in [6, 6.07) is 3.66. The lowest BCUT2D eigenvalue weighted by Crippen LogP contribution is -2.43. The van der Waals surface area contributed by atoms with Crippen LogP contribution >= 0.6 is 11.8 Å². The van der Waals surface area contributed by atoms with E-state index in [0.717, 1.165) is 30.7 Å². The summed E-state index contributed by atoms with van der Waals surface area (Å²) in [5.41, 5.74) is 0.622. The third kappa shape index (κ3) is 3.48. The number of thioether (sulfide) groups is 1. The third-order valence-electron chi connectivity index (χ3n) is 3.67. The van der Waals surface area contributed by atoms with Crippen molar-refractivity contribution in [2.75, 3.05) is 12.9 Å². The van der Waals surface area contributed by atoms with Gasteiger partial charge >= 0.3 is 0 Å². The molecule has 1 saturated carbocycles. The largest absolute Gasteiger partial charge is 0.396 e. The van der Waals surface area contributed by atoms with Crippen LogP contribution in [0.5, 0.6) is 0 Å². The molecule has 1 aliphatic carbocycles. The Morgan fingerprint density at radius 3 is 3.05 bits per heavy atom. The number of aromatic nitrogens is 1. The monoisotopic (exact) mass is 280 g/mol. The van der Waals surface area contributed by atoms with Gasteiger partial charge in [0.15, 0.2) is 0 Å². The fourth-order valence-corrected chi connectivity index (χ4v) is 3.14. The Labute approximate surface area is 118 Å². The molecule has 104 valence electrons. The van der Waals surface area contributed by atoms with Crippen molar-refractivity contribution in [1.29, 1.82) is 0 Å². The minimum absolute atomic E-state index is 0.0807. The van der Waals surface area contributed by atoms with E-state index in [0.29, 0.717) is 5.56 Å². The molecule has 0 radical (unpaired) electrons. The van der Waals surface area contributed by atoms with Gasteiger partial charge in [0.25, 0.3) is 5.91 Å². The van der Waals surface area contributed by atoms with Gasteiger partial charge in [0, 0.05) is 24.8 Å². The van der Waals surface area contributed by atoms with Gasteiger partial charge in [0.1, 0.15) is 5.03 Å². The van der Waals surface area contributed by atoms with E-state index in [1.54, 1.807) is 18.3 Å². The molecule has 2 rings (SSSR count). The zero-order chi connectivity index (χ0) is 13.7. The van der Waals surface area contributed by atoms with Crippen LogP contribution in [-0.4, -0.2) is 34.9 Å². The van der Waals surface area contributed by atoms with Crippen molar-refractivity contribution in [3.8, 4) is 0 Å². The summed E-state index contributed by atoms with van der Waals surface area (Å²) in [6.45, 7) is 0.146. The molecular weight excluding hydrogens is 260 g/mol. The van der Waals surface area contributed by atoms with E-state index in [4.69, 9.17) is 0 Å². The van der Waals surface area contributed by atoms with Gasteiger partial charge in [-0.05, 0) is 31.2 Å². The van der Waals surface area contributed by atoms with E-state index >= 15 is 0 Å². The summed E-state index contributed by atoms with van der Waals surface area (Å²) in [4.78, 5) is 16.5. The Kier molecular flexibility index (Phi) is 5.22. The first kappa shape index (κ1) is 14.3. The molecule has 1 aliphatic rings. The number of hydrogen-bond donors (Lipinski definition) is 2. The Bertz CT molecular complexity index is 439. The average molecular weight is 280 g/mol.